The van der Waals surface area contributed by atoms with Crippen LogP contribution in [0.4, 0.5) is 18.0 Å². The molecule has 2 aromatic rings. The van der Waals surface area contributed by atoms with E-state index in [4.69, 9.17) is 4.74 Å². The van der Waals surface area contributed by atoms with Crippen LogP contribution in [0, 0.1) is 6.92 Å². The van der Waals surface area contributed by atoms with E-state index in [0.717, 1.165) is 17.0 Å². The van der Waals surface area contributed by atoms with E-state index in [1.165, 1.54) is 24.3 Å². The highest BCUT2D eigenvalue weighted by atomic mass is 19.4. The lowest BCUT2D eigenvalue weighted by molar-refractivity contribution is -0.274. The van der Waals surface area contributed by atoms with Crippen LogP contribution < -0.4 is 4.74 Å². The van der Waals surface area contributed by atoms with Crippen molar-refractivity contribution in [2.24, 2.45) is 0 Å². The molecule has 9 heteroatoms. The standard InChI is InChI=1S/C23H28F3N3O3/c1-14-11-17(12-15(2)28(14)21(30)32-22(4,5)6)20-13-16(3)29(27-20)18-7-9-19(10-8-18)31-23(24,25)26/h7-11,13-15H,12H2,1-6H3. The molecule has 1 aliphatic heterocycles. The van der Waals surface area contributed by atoms with Gasteiger partial charge in [-0.1, -0.05) is 6.08 Å². The van der Waals surface area contributed by atoms with Crippen molar-refractivity contribution in [3.8, 4) is 11.4 Å². The lowest BCUT2D eigenvalue weighted by atomic mass is 9.95. The van der Waals surface area contributed by atoms with Gasteiger partial charge in [-0.05, 0) is 83.9 Å². The molecule has 32 heavy (non-hydrogen) atoms. The Morgan fingerprint density at radius 2 is 1.75 bits per heavy atom. The van der Waals surface area contributed by atoms with E-state index in [1.54, 1.807) is 9.58 Å². The van der Waals surface area contributed by atoms with Crippen LogP contribution in [0.25, 0.3) is 11.3 Å². The molecule has 0 spiro atoms. The van der Waals surface area contributed by atoms with Crippen LogP contribution in [0.2, 0.25) is 0 Å². The number of rotatable bonds is 3. The Hall–Kier alpha value is -2.97. The monoisotopic (exact) mass is 451 g/mol. The smallest absolute Gasteiger partial charge is 0.444 e. The predicted molar refractivity (Wildman–Crippen MR) is 115 cm³/mol. The van der Waals surface area contributed by atoms with Gasteiger partial charge >= 0.3 is 12.5 Å². The van der Waals surface area contributed by atoms with Gasteiger partial charge < -0.3 is 9.47 Å². The van der Waals surface area contributed by atoms with Gasteiger partial charge in [-0.3, -0.25) is 4.90 Å². The topological polar surface area (TPSA) is 56.6 Å². The van der Waals surface area contributed by atoms with Gasteiger partial charge in [-0.2, -0.15) is 5.10 Å². The highest BCUT2D eigenvalue weighted by molar-refractivity contribution is 5.73. The zero-order valence-electron chi connectivity index (χ0n) is 19.0. The van der Waals surface area contributed by atoms with Gasteiger partial charge in [0.05, 0.1) is 17.4 Å². The molecule has 2 unspecified atom stereocenters. The third kappa shape index (κ3) is 5.63. The van der Waals surface area contributed by atoms with E-state index in [-0.39, 0.29) is 23.9 Å². The number of halogens is 3. The Morgan fingerprint density at radius 3 is 2.28 bits per heavy atom. The van der Waals surface area contributed by atoms with Gasteiger partial charge in [0.1, 0.15) is 11.4 Å². The molecule has 1 amide bonds. The maximum atomic E-state index is 12.6. The first-order valence-electron chi connectivity index (χ1n) is 10.4. The Labute approximate surface area is 185 Å². The zero-order valence-corrected chi connectivity index (χ0v) is 19.0. The second kappa shape index (κ2) is 8.52. The van der Waals surface area contributed by atoms with Crippen molar-refractivity contribution in [1.82, 2.24) is 14.7 Å². The molecule has 1 aliphatic rings. The number of carbonyl (C=O) groups is 1. The molecule has 0 bridgehead atoms. The number of alkyl halides is 3. The summed E-state index contributed by atoms with van der Waals surface area (Å²) in [5.74, 6) is -0.286. The summed E-state index contributed by atoms with van der Waals surface area (Å²) in [6.45, 7) is 11.3. The van der Waals surface area contributed by atoms with Crippen LogP contribution >= 0.6 is 0 Å². The Bertz CT molecular complexity index is 1000. The minimum Gasteiger partial charge on any atom is -0.444 e. The van der Waals surface area contributed by atoms with Crippen molar-refractivity contribution < 1.29 is 27.4 Å². The number of aromatic nitrogens is 2. The number of nitrogens with zero attached hydrogens (tertiary/aromatic N) is 3. The molecular formula is C23H28F3N3O3. The minimum absolute atomic E-state index is 0.0795. The van der Waals surface area contributed by atoms with Gasteiger partial charge in [0.2, 0.25) is 0 Å². The van der Waals surface area contributed by atoms with Crippen LogP contribution in [0.5, 0.6) is 5.75 Å². The van der Waals surface area contributed by atoms with E-state index >= 15 is 0 Å². The van der Waals surface area contributed by atoms with E-state index in [9.17, 15) is 18.0 Å². The van der Waals surface area contributed by atoms with Crippen LogP contribution in [0.1, 0.15) is 52.4 Å². The zero-order chi connectivity index (χ0) is 23.8. The third-order valence-corrected chi connectivity index (χ3v) is 5.01. The van der Waals surface area contributed by atoms with Crippen molar-refractivity contribution in [3.05, 3.63) is 47.8 Å². The van der Waals surface area contributed by atoms with E-state index in [2.05, 4.69) is 9.84 Å². The van der Waals surface area contributed by atoms with E-state index in [0.29, 0.717) is 12.1 Å². The summed E-state index contributed by atoms with van der Waals surface area (Å²) in [6, 6.07) is 7.23. The molecular weight excluding hydrogens is 423 g/mol. The summed E-state index contributed by atoms with van der Waals surface area (Å²) >= 11 is 0. The molecule has 0 fully saturated rings. The van der Waals surface area contributed by atoms with Gasteiger partial charge in [0.25, 0.3) is 0 Å². The normalized spacial score (nSPS) is 19.5. The summed E-state index contributed by atoms with van der Waals surface area (Å²) < 4.78 is 48.3. The number of aryl methyl sites for hydroxylation is 1. The van der Waals surface area contributed by atoms with Gasteiger partial charge in [-0.25, -0.2) is 9.48 Å². The average molecular weight is 451 g/mol. The van der Waals surface area contributed by atoms with E-state index < -0.39 is 12.0 Å². The van der Waals surface area contributed by atoms with Crippen molar-refractivity contribution in [3.63, 3.8) is 0 Å². The Morgan fingerprint density at radius 1 is 1.12 bits per heavy atom. The first-order valence-corrected chi connectivity index (χ1v) is 10.4. The second-order valence-electron chi connectivity index (χ2n) is 9.00. The van der Waals surface area contributed by atoms with Gasteiger partial charge in [0.15, 0.2) is 0 Å². The average Bonchev–Trinajstić information content (AvgIpc) is 3.00. The minimum atomic E-state index is -4.73. The number of amides is 1. The molecule has 1 aromatic carbocycles. The molecule has 1 aromatic heterocycles. The van der Waals surface area contributed by atoms with Crippen LogP contribution in [0.3, 0.4) is 0 Å². The van der Waals surface area contributed by atoms with Crippen molar-refractivity contribution in [2.75, 3.05) is 0 Å². The second-order valence-corrected chi connectivity index (χ2v) is 9.00. The van der Waals surface area contributed by atoms with Gasteiger partial charge in [0, 0.05) is 11.7 Å². The Balaban J connectivity index is 1.81. The highest BCUT2D eigenvalue weighted by Gasteiger charge is 2.34. The molecule has 0 saturated carbocycles. The number of ether oxygens (including phenoxy) is 2. The number of carbonyl (C=O) groups excluding carboxylic acids is 1. The highest BCUT2D eigenvalue weighted by Crippen LogP contribution is 2.31. The molecule has 0 radical (unpaired) electrons. The summed E-state index contributed by atoms with van der Waals surface area (Å²) in [7, 11) is 0. The molecule has 0 saturated heterocycles. The first kappa shape index (κ1) is 23.7. The van der Waals surface area contributed by atoms with Crippen LogP contribution in [-0.4, -0.2) is 44.8 Å². The summed E-state index contributed by atoms with van der Waals surface area (Å²) in [5.41, 5.74) is 2.65. The lowest BCUT2D eigenvalue weighted by Gasteiger charge is -2.38. The fourth-order valence-electron chi connectivity index (χ4n) is 3.79. The van der Waals surface area contributed by atoms with Crippen molar-refractivity contribution >= 4 is 11.7 Å². The summed E-state index contributed by atoms with van der Waals surface area (Å²) in [4.78, 5) is 14.3. The first-order chi connectivity index (χ1) is 14.7. The molecule has 0 N–H and O–H groups in total. The maximum Gasteiger partial charge on any atom is 0.573 e. The van der Waals surface area contributed by atoms with Gasteiger partial charge in [-0.15, -0.1) is 13.2 Å². The third-order valence-electron chi connectivity index (χ3n) is 5.01. The van der Waals surface area contributed by atoms with E-state index in [1.807, 2.05) is 53.7 Å². The molecule has 6 nitrogen and oxygen atoms in total. The number of benzene rings is 1. The molecule has 174 valence electrons. The quantitative estimate of drug-likeness (QED) is 0.585. The number of hydrogen-bond acceptors (Lipinski definition) is 4. The number of hydrogen-bond donors (Lipinski definition) is 0. The molecule has 2 heterocycles. The summed E-state index contributed by atoms with van der Waals surface area (Å²) in [5, 5.41) is 4.66. The van der Waals surface area contributed by atoms with Crippen molar-refractivity contribution in [1.29, 1.82) is 0 Å². The largest absolute Gasteiger partial charge is 0.573 e. The Kier molecular flexibility index (Phi) is 6.31. The lowest BCUT2D eigenvalue weighted by Crippen LogP contribution is -2.48. The van der Waals surface area contributed by atoms with Crippen LogP contribution in [0.15, 0.2) is 36.4 Å². The fourth-order valence-corrected chi connectivity index (χ4v) is 3.79. The molecule has 3 rings (SSSR count). The molecule has 2 atom stereocenters. The SMILES string of the molecule is Cc1cc(C2=CC(C)N(C(=O)OC(C)(C)C)C(C)C2)nn1-c1ccc(OC(F)(F)F)cc1. The maximum absolute atomic E-state index is 12.6. The van der Waals surface area contributed by atoms with Crippen molar-refractivity contribution in [2.45, 2.75) is 72.0 Å². The van der Waals surface area contributed by atoms with Crippen LogP contribution in [-0.2, 0) is 4.74 Å². The molecule has 0 aliphatic carbocycles. The summed E-state index contributed by atoms with van der Waals surface area (Å²) in [6.07, 6.45) is -2.48. The predicted octanol–water partition coefficient (Wildman–Crippen LogP) is 5.88. The fraction of sp³-hybridized carbons (Fsp3) is 0.478.